The van der Waals surface area contributed by atoms with Crippen LogP contribution in [0.3, 0.4) is 0 Å². The molecule has 0 aliphatic carbocycles. The maximum atomic E-state index is 12.1. The Morgan fingerprint density at radius 1 is 1.53 bits per heavy atom. The average molecular weight is 280 g/mol. The summed E-state index contributed by atoms with van der Waals surface area (Å²) >= 11 is 5.92. The number of hydrogen-bond donors (Lipinski definition) is 1. The van der Waals surface area contributed by atoms with E-state index in [9.17, 15) is 4.79 Å². The van der Waals surface area contributed by atoms with Gasteiger partial charge in [0.05, 0.1) is 12.5 Å². The SMILES string of the molecule is CCCc1cc(C(=O)NC(CC)CC#N)cc(Cl)n1. The van der Waals surface area contributed by atoms with Crippen molar-refractivity contribution in [1.82, 2.24) is 10.3 Å². The first-order chi connectivity index (χ1) is 9.10. The minimum Gasteiger partial charge on any atom is -0.348 e. The van der Waals surface area contributed by atoms with Gasteiger partial charge in [-0.2, -0.15) is 5.26 Å². The van der Waals surface area contributed by atoms with E-state index in [0.717, 1.165) is 25.0 Å². The summed E-state index contributed by atoms with van der Waals surface area (Å²) in [6, 6.07) is 5.24. The van der Waals surface area contributed by atoms with Crippen molar-refractivity contribution in [3.63, 3.8) is 0 Å². The summed E-state index contributed by atoms with van der Waals surface area (Å²) in [6.07, 6.45) is 2.76. The van der Waals surface area contributed by atoms with Gasteiger partial charge in [-0.15, -0.1) is 0 Å². The Balaban J connectivity index is 2.84. The first kappa shape index (κ1) is 15.5. The second kappa shape index (κ2) is 7.75. The lowest BCUT2D eigenvalue weighted by Gasteiger charge is -2.14. The Morgan fingerprint density at radius 2 is 2.26 bits per heavy atom. The van der Waals surface area contributed by atoms with Crippen molar-refractivity contribution in [2.24, 2.45) is 0 Å². The van der Waals surface area contributed by atoms with Gasteiger partial charge >= 0.3 is 0 Å². The lowest BCUT2D eigenvalue weighted by Crippen LogP contribution is -2.34. The third kappa shape index (κ3) is 4.88. The molecule has 1 aromatic rings. The van der Waals surface area contributed by atoms with Gasteiger partial charge in [0.2, 0.25) is 0 Å². The third-order valence-electron chi connectivity index (χ3n) is 2.78. The zero-order valence-electron chi connectivity index (χ0n) is 11.2. The minimum atomic E-state index is -0.205. The molecule has 5 heteroatoms. The number of aromatic nitrogens is 1. The summed E-state index contributed by atoms with van der Waals surface area (Å²) in [5, 5.41) is 11.8. The van der Waals surface area contributed by atoms with Gasteiger partial charge in [0.1, 0.15) is 5.15 Å². The highest BCUT2D eigenvalue weighted by Crippen LogP contribution is 2.13. The fraction of sp³-hybridized carbons (Fsp3) is 0.500. The molecule has 1 N–H and O–H groups in total. The average Bonchev–Trinajstić information content (AvgIpc) is 2.37. The Kier molecular flexibility index (Phi) is 6.31. The molecule has 19 heavy (non-hydrogen) atoms. The number of carbonyl (C=O) groups is 1. The lowest BCUT2D eigenvalue weighted by molar-refractivity contribution is 0.0936. The number of nitrogens with zero attached hydrogens (tertiary/aromatic N) is 2. The molecule has 0 aromatic carbocycles. The van der Waals surface area contributed by atoms with E-state index in [0.29, 0.717) is 17.1 Å². The molecule has 0 fully saturated rings. The Bertz CT molecular complexity index is 482. The molecule has 1 heterocycles. The molecule has 0 saturated carbocycles. The number of nitriles is 1. The van der Waals surface area contributed by atoms with Gasteiger partial charge in [0.15, 0.2) is 0 Å². The van der Waals surface area contributed by atoms with Crippen LogP contribution in [0.5, 0.6) is 0 Å². The van der Waals surface area contributed by atoms with Crippen LogP contribution in [-0.2, 0) is 6.42 Å². The fourth-order valence-corrected chi connectivity index (χ4v) is 1.97. The van der Waals surface area contributed by atoms with Crippen molar-refractivity contribution in [3.05, 3.63) is 28.5 Å². The van der Waals surface area contributed by atoms with Crippen molar-refractivity contribution in [2.45, 2.75) is 45.6 Å². The normalized spacial score (nSPS) is 11.7. The number of pyridine rings is 1. The summed E-state index contributed by atoms with van der Waals surface area (Å²) in [5.41, 5.74) is 1.31. The van der Waals surface area contributed by atoms with Crippen molar-refractivity contribution in [2.75, 3.05) is 0 Å². The number of carbonyl (C=O) groups excluding carboxylic acids is 1. The second-order valence-electron chi connectivity index (χ2n) is 4.36. The molecular formula is C14H18ClN3O. The second-order valence-corrected chi connectivity index (χ2v) is 4.75. The molecule has 0 spiro atoms. The van der Waals surface area contributed by atoms with Crippen molar-refractivity contribution in [1.29, 1.82) is 5.26 Å². The molecule has 1 rings (SSSR count). The van der Waals surface area contributed by atoms with Gasteiger partial charge in [-0.3, -0.25) is 4.79 Å². The highest BCUT2D eigenvalue weighted by molar-refractivity contribution is 6.29. The maximum absolute atomic E-state index is 12.1. The van der Waals surface area contributed by atoms with Crippen LogP contribution in [0, 0.1) is 11.3 Å². The zero-order valence-corrected chi connectivity index (χ0v) is 12.0. The highest BCUT2D eigenvalue weighted by atomic mass is 35.5. The lowest BCUT2D eigenvalue weighted by atomic mass is 10.1. The van der Waals surface area contributed by atoms with Gasteiger partial charge in [0, 0.05) is 17.3 Å². The standard InChI is InChI=1S/C14H18ClN3O/c1-3-5-12-8-10(9-13(15)17-12)14(19)18-11(4-2)6-7-16/h8-9,11H,3-6H2,1-2H3,(H,18,19). The van der Waals surface area contributed by atoms with E-state index in [2.05, 4.69) is 16.4 Å². The topological polar surface area (TPSA) is 65.8 Å². The molecule has 0 radical (unpaired) electrons. The van der Waals surface area contributed by atoms with Gasteiger partial charge < -0.3 is 5.32 Å². The quantitative estimate of drug-likeness (QED) is 0.814. The number of aryl methyl sites for hydroxylation is 1. The molecule has 0 aliphatic heterocycles. The van der Waals surface area contributed by atoms with Crippen LogP contribution in [0.25, 0.3) is 0 Å². The molecule has 1 aromatic heterocycles. The molecule has 1 atom stereocenters. The number of rotatable bonds is 6. The molecule has 1 unspecified atom stereocenters. The molecule has 0 aliphatic rings. The van der Waals surface area contributed by atoms with Gasteiger partial charge in [0.25, 0.3) is 5.91 Å². The van der Waals surface area contributed by atoms with Crippen molar-refractivity contribution < 1.29 is 4.79 Å². The molecule has 1 amide bonds. The van der Waals surface area contributed by atoms with E-state index >= 15 is 0 Å². The maximum Gasteiger partial charge on any atom is 0.251 e. The van der Waals surface area contributed by atoms with Crippen LogP contribution in [0.15, 0.2) is 12.1 Å². The predicted octanol–water partition coefficient (Wildman–Crippen LogP) is 3.11. The Labute approximate surface area is 118 Å². The van der Waals surface area contributed by atoms with E-state index in [4.69, 9.17) is 16.9 Å². The van der Waals surface area contributed by atoms with Crippen LogP contribution in [0.4, 0.5) is 0 Å². The summed E-state index contributed by atoms with van der Waals surface area (Å²) < 4.78 is 0. The number of amides is 1. The van der Waals surface area contributed by atoms with Crippen LogP contribution in [0.2, 0.25) is 5.15 Å². The fourth-order valence-electron chi connectivity index (χ4n) is 1.74. The van der Waals surface area contributed by atoms with E-state index in [1.54, 1.807) is 12.1 Å². The van der Waals surface area contributed by atoms with Gasteiger partial charge in [-0.1, -0.05) is 31.9 Å². The number of hydrogen-bond acceptors (Lipinski definition) is 3. The van der Waals surface area contributed by atoms with Crippen LogP contribution < -0.4 is 5.32 Å². The van der Waals surface area contributed by atoms with Crippen molar-refractivity contribution >= 4 is 17.5 Å². The van der Waals surface area contributed by atoms with Crippen LogP contribution in [-0.4, -0.2) is 16.9 Å². The van der Waals surface area contributed by atoms with E-state index in [-0.39, 0.29) is 11.9 Å². The molecule has 4 nitrogen and oxygen atoms in total. The van der Waals surface area contributed by atoms with E-state index < -0.39 is 0 Å². The van der Waals surface area contributed by atoms with Gasteiger partial charge in [-0.05, 0) is 25.0 Å². The number of nitrogens with one attached hydrogen (secondary N) is 1. The summed E-state index contributed by atoms with van der Waals surface area (Å²) in [4.78, 5) is 16.3. The van der Waals surface area contributed by atoms with E-state index in [1.807, 2.05) is 13.8 Å². The van der Waals surface area contributed by atoms with Crippen LogP contribution >= 0.6 is 11.6 Å². The largest absolute Gasteiger partial charge is 0.348 e. The summed E-state index contributed by atoms with van der Waals surface area (Å²) in [5.74, 6) is -0.205. The minimum absolute atomic E-state index is 0.126. The smallest absolute Gasteiger partial charge is 0.251 e. The zero-order chi connectivity index (χ0) is 14.3. The molecule has 102 valence electrons. The predicted molar refractivity (Wildman–Crippen MR) is 75.0 cm³/mol. The number of halogens is 1. The highest BCUT2D eigenvalue weighted by Gasteiger charge is 2.13. The molecule has 0 saturated heterocycles. The summed E-state index contributed by atoms with van der Waals surface area (Å²) in [7, 11) is 0. The Hall–Kier alpha value is -1.60. The monoisotopic (exact) mass is 279 g/mol. The third-order valence-corrected chi connectivity index (χ3v) is 2.97. The van der Waals surface area contributed by atoms with Crippen LogP contribution in [0.1, 0.15) is 49.2 Å². The van der Waals surface area contributed by atoms with Gasteiger partial charge in [-0.25, -0.2) is 4.98 Å². The van der Waals surface area contributed by atoms with E-state index in [1.165, 1.54) is 0 Å². The van der Waals surface area contributed by atoms with Crippen molar-refractivity contribution in [3.8, 4) is 6.07 Å². The molecular weight excluding hydrogens is 262 g/mol. The molecule has 0 bridgehead atoms. The Morgan fingerprint density at radius 3 is 2.84 bits per heavy atom. The first-order valence-corrected chi connectivity index (χ1v) is 6.82. The first-order valence-electron chi connectivity index (χ1n) is 6.45. The summed E-state index contributed by atoms with van der Waals surface area (Å²) in [6.45, 7) is 3.98.